The van der Waals surface area contributed by atoms with Gasteiger partial charge in [0.1, 0.15) is 5.54 Å². The van der Waals surface area contributed by atoms with Crippen LogP contribution in [0.15, 0.2) is 0 Å². The van der Waals surface area contributed by atoms with Crippen LogP contribution in [-0.2, 0) is 9.59 Å². The summed E-state index contributed by atoms with van der Waals surface area (Å²) in [6.45, 7) is 8.05. The first-order valence-electron chi connectivity index (χ1n) is 6.86. The smallest absolute Gasteiger partial charge is 0.329 e. The summed E-state index contributed by atoms with van der Waals surface area (Å²) in [5.74, 6) is -0.118. The van der Waals surface area contributed by atoms with Crippen molar-refractivity contribution in [2.45, 2.75) is 58.9 Å². The normalized spacial score (nSPS) is 28.2. The molecule has 4 nitrogen and oxygen atoms in total. The Labute approximate surface area is 109 Å². The Morgan fingerprint density at radius 1 is 1.44 bits per heavy atom. The Bertz CT molecular complexity index is 327. The number of aliphatic carboxylic acids is 1. The fraction of sp³-hybridized carbons (Fsp3) is 0.857. The summed E-state index contributed by atoms with van der Waals surface area (Å²) in [6, 6.07) is 0. The number of nitrogens with zero attached hydrogens (tertiary/aromatic N) is 1. The average molecular weight is 255 g/mol. The molecule has 1 fully saturated rings. The molecule has 18 heavy (non-hydrogen) atoms. The first-order valence-corrected chi connectivity index (χ1v) is 6.86. The van der Waals surface area contributed by atoms with Crippen molar-refractivity contribution in [1.82, 2.24) is 4.90 Å². The number of amides is 1. The molecule has 0 radical (unpaired) electrons. The number of carboxylic acid groups (broad SMARTS) is 1. The van der Waals surface area contributed by atoms with Gasteiger partial charge in [0.2, 0.25) is 5.91 Å². The number of carboxylic acids is 1. The van der Waals surface area contributed by atoms with E-state index in [2.05, 4.69) is 13.8 Å². The predicted octanol–water partition coefficient (Wildman–Crippen LogP) is 2.52. The predicted molar refractivity (Wildman–Crippen MR) is 70.2 cm³/mol. The van der Waals surface area contributed by atoms with Gasteiger partial charge in [-0.2, -0.15) is 0 Å². The zero-order valence-corrected chi connectivity index (χ0v) is 11.9. The molecule has 0 aromatic heterocycles. The molecule has 1 N–H and O–H groups in total. The maximum Gasteiger partial charge on any atom is 0.329 e. The summed E-state index contributed by atoms with van der Waals surface area (Å²) in [5.41, 5.74) is -0.978. The molecule has 0 aliphatic heterocycles. The topological polar surface area (TPSA) is 57.6 Å². The minimum absolute atomic E-state index is 0.135. The van der Waals surface area contributed by atoms with Gasteiger partial charge in [0.05, 0.1) is 0 Å². The summed E-state index contributed by atoms with van der Waals surface area (Å²) in [4.78, 5) is 25.0. The molecule has 0 aromatic carbocycles. The van der Waals surface area contributed by atoms with E-state index in [1.807, 2.05) is 6.92 Å². The van der Waals surface area contributed by atoms with Gasteiger partial charge >= 0.3 is 5.97 Å². The molecule has 0 aromatic rings. The van der Waals surface area contributed by atoms with Crippen molar-refractivity contribution >= 4 is 11.9 Å². The van der Waals surface area contributed by atoms with Crippen LogP contribution in [0.5, 0.6) is 0 Å². The van der Waals surface area contributed by atoms with Crippen LogP contribution in [0.2, 0.25) is 0 Å². The van der Waals surface area contributed by atoms with Crippen molar-refractivity contribution in [2.24, 2.45) is 11.8 Å². The third kappa shape index (κ3) is 2.68. The average Bonchev–Trinajstić information content (AvgIpc) is 2.29. The van der Waals surface area contributed by atoms with Gasteiger partial charge in [-0.15, -0.1) is 0 Å². The Hall–Kier alpha value is -1.06. The third-order valence-electron chi connectivity index (χ3n) is 4.32. The van der Waals surface area contributed by atoms with Gasteiger partial charge in [-0.1, -0.05) is 20.3 Å². The SMILES string of the molecule is CCN(C(C)=O)C1(C(=O)O)CCCC(C(C)C)C1. The van der Waals surface area contributed by atoms with E-state index in [1.54, 1.807) is 4.90 Å². The Kier molecular flexibility index (Phi) is 4.77. The quantitative estimate of drug-likeness (QED) is 0.839. The van der Waals surface area contributed by atoms with E-state index in [4.69, 9.17) is 0 Å². The van der Waals surface area contributed by atoms with Crippen molar-refractivity contribution < 1.29 is 14.7 Å². The second kappa shape index (κ2) is 5.72. The Balaban J connectivity index is 3.06. The summed E-state index contributed by atoms with van der Waals surface area (Å²) >= 11 is 0. The van der Waals surface area contributed by atoms with Crippen molar-refractivity contribution in [2.75, 3.05) is 6.54 Å². The lowest BCUT2D eigenvalue weighted by atomic mass is 9.70. The molecule has 0 heterocycles. The number of hydrogen-bond donors (Lipinski definition) is 1. The zero-order chi connectivity index (χ0) is 13.9. The molecule has 1 aliphatic rings. The zero-order valence-electron chi connectivity index (χ0n) is 11.9. The number of hydrogen-bond acceptors (Lipinski definition) is 2. The van der Waals surface area contributed by atoms with Gasteiger partial charge < -0.3 is 10.0 Å². The minimum Gasteiger partial charge on any atom is -0.479 e. The van der Waals surface area contributed by atoms with E-state index in [-0.39, 0.29) is 5.91 Å². The van der Waals surface area contributed by atoms with Crippen LogP contribution in [0.1, 0.15) is 53.4 Å². The summed E-state index contributed by atoms with van der Waals surface area (Å²) in [5, 5.41) is 9.64. The second-order valence-corrected chi connectivity index (χ2v) is 5.70. The van der Waals surface area contributed by atoms with Crippen LogP contribution in [0, 0.1) is 11.8 Å². The molecule has 1 rings (SSSR count). The largest absolute Gasteiger partial charge is 0.479 e. The monoisotopic (exact) mass is 255 g/mol. The van der Waals surface area contributed by atoms with Crippen LogP contribution >= 0.6 is 0 Å². The van der Waals surface area contributed by atoms with Crippen LogP contribution < -0.4 is 0 Å². The third-order valence-corrected chi connectivity index (χ3v) is 4.32. The lowest BCUT2D eigenvalue weighted by Gasteiger charge is -2.45. The standard InChI is InChI=1S/C14H25NO3/c1-5-15(11(4)16)14(13(17)18)8-6-7-12(9-14)10(2)3/h10,12H,5-9H2,1-4H3,(H,17,18). The molecule has 0 bridgehead atoms. The van der Waals surface area contributed by atoms with Crippen LogP contribution in [-0.4, -0.2) is 34.0 Å². The summed E-state index contributed by atoms with van der Waals surface area (Å²) < 4.78 is 0. The molecule has 2 unspecified atom stereocenters. The molecule has 4 heteroatoms. The van der Waals surface area contributed by atoms with E-state index in [0.29, 0.717) is 31.2 Å². The summed E-state index contributed by atoms with van der Waals surface area (Å²) in [7, 11) is 0. The fourth-order valence-electron chi connectivity index (χ4n) is 3.25. The number of rotatable bonds is 4. The highest BCUT2D eigenvalue weighted by Gasteiger charge is 2.48. The van der Waals surface area contributed by atoms with Gasteiger partial charge in [0, 0.05) is 13.5 Å². The van der Waals surface area contributed by atoms with E-state index in [0.717, 1.165) is 12.8 Å². The van der Waals surface area contributed by atoms with Crippen molar-refractivity contribution in [3.63, 3.8) is 0 Å². The number of carbonyl (C=O) groups excluding carboxylic acids is 1. The van der Waals surface area contributed by atoms with E-state index in [9.17, 15) is 14.7 Å². The molecule has 0 spiro atoms. The first kappa shape index (κ1) is 15.0. The highest BCUT2D eigenvalue weighted by molar-refractivity contribution is 5.86. The lowest BCUT2D eigenvalue weighted by molar-refractivity contribution is -0.163. The van der Waals surface area contributed by atoms with Crippen LogP contribution in [0.4, 0.5) is 0 Å². The Morgan fingerprint density at radius 2 is 2.06 bits per heavy atom. The fourth-order valence-corrected chi connectivity index (χ4v) is 3.25. The molecular weight excluding hydrogens is 230 g/mol. The van der Waals surface area contributed by atoms with Gasteiger partial charge in [0.15, 0.2) is 0 Å². The van der Waals surface area contributed by atoms with Gasteiger partial charge in [-0.05, 0) is 38.0 Å². The highest BCUT2D eigenvalue weighted by atomic mass is 16.4. The van der Waals surface area contributed by atoms with Gasteiger partial charge in [-0.3, -0.25) is 4.79 Å². The number of carbonyl (C=O) groups is 2. The maximum absolute atomic E-state index is 11.8. The molecule has 1 saturated carbocycles. The van der Waals surface area contributed by atoms with Crippen LogP contribution in [0.25, 0.3) is 0 Å². The molecule has 0 saturated heterocycles. The number of likely N-dealkylation sites (N-methyl/N-ethyl adjacent to an activating group) is 1. The first-order chi connectivity index (χ1) is 8.35. The molecule has 1 aliphatic carbocycles. The van der Waals surface area contributed by atoms with E-state index >= 15 is 0 Å². The molecular formula is C14H25NO3. The lowest BCUT2D eigenvalue weighted by Crippen LogP contribution is -2.59. The maximum atomic E-state index is 11.8. The Morgan fingerprint density at radius 3 is 2.44 bits per heavy atom. The van der Waals surface area contributed by atoms with E-state index < -0.39 is 11.5 Å². The molecule has 2 atom stereocenters. The second-order valence-electron chi connectivity index (χ2n) is 5.70. The van der Waals surface area contributed by atoms with Crippen molar-refractivity contribution in [3.05, 3.63) is 0 Å². The molecule has 1 amide bonds. The van der Waals surface area contributed by atoms with E-state index in [1.165, 1.54) is 6.92 Å². The minimum atomic E-state index is -0.978. The van der Waals surface area contributed by atoms with Crippen molar-refractivity contribution in [3.8, 4) is 0 Å². The molecule has 104 valence electrons. The van der Waals surface area contributed by atoms with Gasteiger partial charge in [-0.25, -0.2) is 4.79 Å². The van der Waals surface area contributed by atoms with Crippen molar-refractivity contribution in [1.29, 1.82) is 0 Å². The van der Waals surface area contributed by atoms with Gasteiger partial charge in [0.25, 0.3) is 0 Å². The summed E-state index contributed by atoms with van der Waals surface area (Å²) in [6.07, 6.45) is 3.13. The highest BCUT2D eigenvalue weighted by Crippen LogP contribution is 2.40. The van der Waals surface area contributed by atoms with Crippen LogP contribution in [0.3, 0.4) is 0 Å².